The molecule has 0 aromatic rings. The molecule has 1 heteroatoms. The molecule has 0 aliphatic heterocycles. The number of nitrogens with one attached hydrogen (secondary N) is 1. The van der Waals surface area contributed by atoms with Gasteiger partial charge in [0.25, 0.3) is 0 Å². The first kappa shape index (κ1) is 9.61. The van der Waals surface area contributed by atoms with E-state index in [0.29, 0.717) is 6.04 Å². The second-order valence-corrected chi connectivity index (χ2v) is 3.95. The summed E-state index contributed by atoms with van der Waals surface area (Å²) < 4.78 is 0. The van der Waals surface area contributed by atoms with Gasteiger partial charge in [-0.3, -0.25) is 0 Å². The Bertz CT molecular complexity index is 160. The molecule has 0 aromatic heterocycles. The van der Waals surface area contributed by atoms with Gasteiger partial charge in [-0.25, -0.2) is 0 Å². The van der Waals surface area contributed by atoms with Crippen molar-refractivity contribution in [1.82, 2.24) is 5.32 Å². The summed E-state index contributed by atoms with van der Waals surface area (Å²) in [5.41, 5.74) is 0. The van der Waals surface area contributed by atoms with Crippen LogP contribution in [-0.2, 0) is 0 Å². The highest BCUT2D eigenvalue weighted by molar-refractivity contribution is 5.02. The van der Waals surface area contributed by atoms with Crippen LogP contribution in [0.1, 0.15) is 32.6 Å². The molecule has 1 nitrogen and oxygen atoms in total. The van der Waals surface area contributed by atoms with Crippen LogP contribution in [-0.4, -0.2) is 13.1 Å². The molecule has 1 rings (SSSR count). The van der Waals surface area contributed by atoms with Crippen molar-refractivity contribution in [2.24, 2.45) is 11.8 Å². The molecular weight excluding hydrogens is 146 g/mol. The number of terminal acetylenes is 1. The first-order valence-corrected chi connectivity index (χ1v) is 4.91. The highest BCUT2D eigenvalue weighted by Gasteiger charge is 2.23. The third-order valence-electron chi connectivity index (χ3n) is 3.02. The standard InChI is InChI=1S/C11H19N/c1-4-11(12-3)10-7-5-9(2)6-8-10/h1,9-12H,5-8H2,2-3H3. The predicted octanol–water partition coefficient (Wildman–Crippen LogP) is 2.03. The summed E-state index contributed by atoms with van der Waals surface area (Å²) in [5, 5.41) is 3.20. The molecule has 1 fully saturated rings. The van der Waals surface area contributed by atoms with Gasteiger partial charge >= 0.3 is 0 Å². The van der Waals surface area contributed by atoms with Gasteiger partial charge in [0.1, 0.15) is 0 Å². The Morgan fingerprint density at radius 3 is 2.33 bits per heavy atom. The molecule has 12 heavy (non-hydrogen) atoms. The van der Waals surface area contributed by atoms with E-state index >= 15 is 0 Å². The molecule has 0 spiro atoms. The molecule has 0 heterocycles. The van der Waals surface area contributed by atoms with Gasteiger partial charge in [0, 0.05) is 0 Å². The lowest BCUT2D eigenvalue weighted by molar-refractivity contribution is 0.262. The first-order chi connectivity index (χ1) is 5.77. The van der Waals surface area contributed by atoms with Crippen LogP contribution in [0.3, 0.4) is 0 Å². The quantitative estimate of drug-likeness (QED) is 0.617. The van der Waals surface area contributed by atoms with Gasteiger partial charge < -0.3 is 5.32 Å². The van der Waals surface area contributed by atoms with Gasteiger partial charge in [0.15, 0.2) is 0 Å². The van der Waals surface area contributed by atoms with Crippen molar-refractivity contribution in [2.75, 3.05) is 7.05 Å². The van der Waals surface area contributed by atoms with Crippen LogP contribution in [0, 0.1) is 24.2 Å². The normalized spacial score (nSPS) is 32.4. The van der Waals surface area contributed by atoms with Crippen molar-refractivity contribution in [3.63, 3.8) is 0 Å². The van der Waals surface area contributed by atoms with Crippen LogP contribution in [0.15, 0.2) is 0 Å². The molecule has 1 saturated carbocycles. The van der Waals surface area contributed by atoms with Crippen LogP contribution < -0.4 is 5.32 Å². The Morgan fingerprint density at radius 1 is 1.33 bits per heavy atom. The van der Waals surface area contributed by atoms with Gasteiger partial charge in [0.05, 0.1) is 6.04 Å². The summed E-state index contributed by atoms with van der Waals surface area (Å²) in [6, 6.07) is 0.303. The second-order valence-electron chi connectivity index (χ2n) is 3.95. The van der Waals surface area contributed by atoms with Crippen molar-refractivity contribution in [1.29, 1.82) is 0 Å². The van der Waals surface area contributed by atoms with E-state index in [9.17, 15) is 0 Å². The number of hydrogen-bond donors (Lipinski definition) is 1. The smallest absolute Gasteiger partial charge is 0.0713 e. The van der Waals surface area contributed by atoms with Gasteiger partial charge in [-0.05, 0) is 31.7 Å². The van der Waals surface area contributed by atoms with Gasteiger partial charge in [-0.15, -0.1) is 6.42 Å². The lowest BCUT2D eigenvalue weighted by atomic mass is 9.79. The average molecular weight is 165 g/mol. The summed E-state index contributed by atoms with van der Waals surface area (Å²) in [5.74, 6) is 4.46. The first-order valence-electron chi connectivity index (χ1n) is 4.91. The summed E-state index contributed by atoms with van der Waals surface area (Å²) in [6.45, 7) is 2.33. The van der Waals surface area contributed by atoms with E-state index in [1.165, 1.54) is 25.7 Å². The molecule has 1 unspecified atom stereocenters. The van der Waals surface area contributed by atoms with E-state index in [-0.39, 0.29) is 0 Å². The molecule has 0 bridgehead atoms. The van der Waals surface area contributed by atoms with Crippen LogP contribution in [0.5, 0.6) is 0 Å². The highest BCUT2D eigenvalue weighted by Crippen LogP contribution is 2.29. The van der Waals surface area contributed by atoms with Crippen molar-refractivity contribution in [2.45, 2.75) is 38.6 Å². The van der Waals surface area contributed by atoms with Crippen molar-refractivity contribution in [3.8, 4) is 12.3 Å². The minimum absolute atomic E-state index is 0.303. The maximum atomic E-state index is 5.44. The fraction of sp³-hybridized carbons (Fsp3) is 0.818. The topological polar surface area (TPSA) is 12.0 Å². The Morgan fingerprint density at radius 2 is 1.92 bits per heavy atom. The lowest BCUT2D eigenvalue weighted by Gasteiger charge is -2.29. The Balaban J connectivity index is 2.39. The zero-order valence-corrected chi connectivity index (χ0v) is 8.14. The van der Waals surface area contributed by atoms with E-state index < -0.39 is 0 Å². The van der Waals surface area contributed by atoms with Gasteiger partial charge in [0.2, 0.25) is 0 Å². The molecule has 0 amide bonds. The fourth-order valence-electron chi connectivity index (χ4n) is 2.07. The van der Waals surface area contributed by atoms with Crippen LogP contribution in [0.25, 0.3) is 0 Å². The molecular formula is C11H19N. The van der Waals surface area contributed by atoms with Crippen molar-refractivity contribution in [3.05, 3.63) is 0 Å². The zero-order valence-electron chi connectivity index (χ0n) is 8.14. The van der Waals surface area contributed by atoms with E-state index in [1.807, 2.05) is 7.05 Å². The Hall–Kier alpha value is -0.480. The highest BCUT2D eigenvalue weighted by atomic mass is 14.9. The summed E-state index contributed by atoms with van der Waals surface area (Å²) in [6.07, 6.45) is 10.7. The zero-order chi connectivity index (χ0) is 8.97. The molecule has 0 radical (unpaired) electrons. The fourth-order valence-corrected chi connectivity index (χ4v) is 2.07. The molecule has 1 aliphatic carbocycles. The minimum atomic E-state index is 0.303. The van der Waals surface area contributed by atoms with Crippen LogP contribution in [0.4, 0.5) is 0 Å². The van der Waals surface area contributed by atoms with E-state index in [4.69, 9.17) is 6.42 Å². The maximum absolute atomic E-state index is 5.44. The van der Waals surface area contributed by atoms with E-state index in [0.717, 1.165) is 11.8 Å². The molecule has 1 aliphatic rings. The molecule has 0 saturated heterocycles. The second kappa shape index (κ2) is 4.52. The maximum Gasteiger partial charge on any atom is 0.0713 e. The third-order valence-corrected chi connectivity index (χ3v) is 3.02. The number of hydrogen-bond acceptors (Lipinski definition) is 1. The molecule has 1 atom stereocenters. The monoisotopic (exact) mass is 165 g/mol. The Kier molecular flexibility index (Phi) is 3.62. The van der Waals surface area contributed by atoms with E-state index in [2.05, 4.69) is 18.2 Å². The molecule has 1 N–H and O–H groups in total. The minimum Gasteiger partial charge on any atom is -0.307 e. The summed E-state index contributed by atoms with van der Waals surface area (Å²) >= 11 is 0. The summed E-state index contributed by atoms with van der Waals surface area (Å²) in [7, 11) is 1.96. The lowest BCUT2D eigenvalue weighted by Crippen LogP contribution is -2.34. The van der Waals surface area contributed by atoms with E-state index in [1.54, 1.807) is 0 Å². The SMILES string of the molecule is C#CC(NC)C1CCC(C)CC1. The van der Waals surface area contributed by atoms with Gasteiger partial charge in [-0.2, -0.15) is 0 Å². The van der Waals surface area contributed by atoms with Crippen LogP contribution >= 0.6 is 0 Å². The van der Waals surface area contributed by atoms with Gasteiger partial charge in [-0.1, -0.05) is 25.7 Å². The molecule has 0 aromatic carbocycles. The largest absolute Gasteiger partial charge is 0.307 e. The third kappa shape index (κ3) is 2.25. The Labute approximate surface area is 75.9 Å². The summed E-state index contributed by atoms with van der Waals surface area (Å²) in [4.78, 5) is 0. The van der Waals surface area contributed by atoms with Crippen molar-refractivity contribution >= 4 is 0 Å². The van der Waals surface area contributed by atoms with Crippen LogP contribution in [0.2, 0.25) is 0 Å². The average Bonchev–Trinajstić information content (AvgIpc) is 2.10. The van der Waals surface area contributed by atoms with Crippen molar-refractivity contribution < 1.29 is 0 Å². The predicted molar refractivity (Wildman–Crippen MR) is 52.8 cm³/mol. The number of rotatable bonds is 2. The molecule has 68 valence electrons.